The fourth-order valence-electron chi connectivity index (χ4n) is 3.14. The number of benzene rings is 1. The Hall–Kier alpha value is -2.96. The zero-order chi connectivity index (χ0) is 19.8. The monoisotopic (exact) mass is 385 g/mol. The van der Waals surface area contributed by atoms with Crippen LogP contribution in [-0.4, -0.2) is 54.1 Å². The molecule has 0 radical (unpaired) electrons. The highest BCUT2D eigenvalue weighted by Gasteiger charge is 2.23. The van der Waals surface area contributed by atoms with Gasteiger partial charge in [0.15, 0.2) is 0 Å². The number of hydrogen-bond acceptors (Lipinski definition) is 4. The van der Waals surface area contributed by atoms with Gasteiger partial charge in [-0.3, -0.25) is 0 Å². The van der Waals surface area contributed by atoms with Crippen molar-refractivity contribution >= 4 is 12.1 Å². The van der Waals surface area contributed by atoms with Crippen LogP contribution < -0.4 is 10.1 Å². The third-order valence-electron chi connectivity index (χ3n) is 4.76. The molecule has 2 aromatic rings. The Morgan fingerprint density at radius 3 is 2.57 bits per heavy atom. The third-order valence-corrected chi connectivity index (χ3v) is 4.76. The molecule has 1 aromatic heterocycles. The second-order valence-electron chi connectivity index (χ2n) is 6.98. The first-order chi connectivity index (χ1) is 13.6. The molecule has 1 saturated heterocycles. The maximum atomic E-state index is 12.5. The van der Waals surface area contributed by atoms with E-state index >= 15 is 0 Å². The molecule has 3 rings (SSSR count). The van der Waals surface area contributed by atoms with Crippen LogP contribution in [0.25, 0.3) is 0 Å². The smallest absolute Gasteiger partial charge is 0.415 e. The van der Waals surface area contributed by atoms with Gasteiger partial charge in [0.2, 0.25) is 0 Å². The number of aryl methyl sites for hydroxylation is 1. The lowest BCUT2D eigenvalue weighted by Crippen LogP contribution is -2.45. The lowest BCUT2D eigenvalue weighted by Gasteiger charge is -2.24. The fourth-order valence-corrected chi connectivity index (χ4v) is 3.14. The molecule has 1 aliphatic heterocycles. The fraction of sp³-hybridized carbons (Fsp3) is 0.429. The third kappa shape index (κ3) is 5.77. The van der Waals surface area contributed by atoms with E-state index in [9.17, 15) is 9.59 Å². The van der Waals surface area contributed by atoms with E-state index in [0.29, 0.717) is 31.9 Å². The zero-order valence-corrected chi connectivity index (χ0v) is 16.2. The van der Waals surface area contributed by atoms with Crippen molar-refractivity contribution in [1.82, 2.24) is 15.1 Å². The summed E-state index contributed by atoms with van der Waals surface area (Å²) >= 11 is 0. The van der Waals surface area contributed by atoms with Crippen molar-refractivity contribution in [1.29, 1.82) is 0 Å². The molecule has 1 atom stereocenters. The lowest BCUT2D eigenvalue weighted by atomic mass is 10.1. The highest BCUT2D eigenvalue weighted by atomic mass is 16.6. The number of amides is 3. The van der Waals surface area contributed by atoms with E-state index in [2.05, 4.69) is 5.32 Å². The van der Waals surface area contributed by atoms with E-state index in [4.69, 9.17) is 9.15 Å². The first-order valence-electron chi connectivity index (χ1n) is 9.71. The maximum Gasteiger partial charge on any atom is 0.415 e. The van der Waals surface area contributed by atoms with Gasteiger partial charge in [0, 0.05) is 38.6 Å². The van der Waals surface area contributed by atoms with Crippen molar-refractivity contribution in [2.24, 2.45) is 0 Å². The first-order valence-corrected chi connectivity index (χ1v) is 9.71. The van der Waals surface area contributed by atoms with Gasteiger partial charge in [0.25, 0.3) is 0 Å². The molecule has 0 aliphatic carbocycles. The summed E-state index contributed by atoms with van der Waals surface area (Å²) in [6.45, 7) is 4.12. The molecule has 3 amide bonds. The van der Waals surface area contributed by atoms with Crippen LogP contribution in [0.1, 0.15) is 25.5 Å². The van der Waals surface area contributed by atoms with Gasteiger partial charge in [0.05, 0.1) is 6.26 Å². The van der Waals surface area contributed by atoms with Crippen LogP contribution in [0.3, 0.4) is 0 Å². The number of furan rings is 1. The number of nitrogens with zero attached hydrogens (tertiary/aromatic N) is 2. The number of nitrogens with one attached hydrogen (secondary N) is 1. The van der Waals surface area contributed by atoms with Crippen LogP contribution in [0.4, 0.5) is 9.59 Å². The summed E-state index contributed by atoms with van der Waals surface area (Å²) in [6.07, 6.45) is 3.60. The summed E-state index contributed by atoms with van der Waals surface area (Å²) in [5.74, 6) is 1.44. The highest BCUT2D eigenvalue weighted by Crippen LogP contribution is 2.12. The van der Waals surface area contributed by atoms with Crippen LogP contribution >= 0.6 is 0 Å². The van der Waals surface area contributed by atoms with Crippen molar-refractivity contribution in [2.75, 3.05) is 26.2 Å². The summed E-state index contributed by atoms with van der Waals surface area (Å²) in [6, 6.07) is 12.8. The van der Waals surface area contributed by atoms with Crippen LogP contribution in [0.15, 0.2) is 53.1 Å². The van der Waals surface area contributed by atoms with Crippen molar-refractivity contribution in [3.05, 3.63) is 54.5 Å². The molecular weight excluding hydrogens is 358 g/mol. The van der Waals surface area contributed by atoms with Gasteiger partial charge < -0.3 is 24.3 Å². The Bertz CT molecular complexity index is 748. The van der Waals surface area contributed by atoms with E-state index < -0.39 is 0 Å². The predicted molar refractivity (Wildman–Crippen MR) is 105 cm³/mol. The van der Waals surface area contributed by atoms with Crippen LogP contribution in [0.2, 0.25) is 0 Å². The normalized spacial score (nSPS) is 15.6. The SMILES string of the molecule is C[C@@H](CCc1ccco1)NC(=O)N1CCCN(C(=O)Oc2ccccc2)CC1. The number of para-hydroxylation sites is 1. The highest BCUT2D eigenvalue weighted by molar-refractivity contribution is 5.75. The molecule has 0 saturated carbocycles. The van der Waals surface area contributed by atoms with Gasteiger partial charge in [0.1, 0.15) is 11.5 Å². The van der Waals surface area contributed by atoms with Gasteiger partial charge in [-0.25, -0.2) is 9.59 Å². The molecule has 2 heterocycles. The van der Waals surface area contributed by atoms with E-state index in [1.165, 1.54) is 0 Å². The largest absolute Gasteiger partial charge is 0.469 e. The predicted octanol–water partition coefficient (Wildman–Crippen LogP) is 3.52. The Kier molecular flexibility index (Phi) is 6.94. The molecule has 1 aliphatic rings. The minimum atomic E-state index is -0.375. The second-order valence-corrected chi connectivity index (χ2v) is 6.98. The van der Waals surface area contributed by atoms with Crippen LogP contribution in [0.5, 0.6) is 5.75 Å². The number of rotatable bonds is 5. The number of carbonyl (C=O) groups excluding carboxylic acids is 2. The standard InChI is InChI=1S/C21H27N3O4/c1-17(10-11-18-9-5-16-27-18)22-20(25)23-12-6-13-24(15-14-23)21(26)28-19-7-3-2-4-8-19/h2-5,7-9,16-17H,6,10-15H2,1H3,(H,22,25)/t17-/m0/s1. The number of ether oxygens (including phenoxy) is 1. The number of carbonyl (C=O) groups is 2. The van der Waals surface area contributed by atoms with Crippen molar-refractivity contribution in [2.45, 2.75) is 32.2 Å². The number of hydrogen-bond donors (Lipinski definition) is 1. The van der Waals surface area contributed by atoms with E-state index in [-0.39, 0.29) is 18.2 Å². The Morgan fingerprint density at radius 1 is 1.07 bits per heavy atom. The summed E-state index contributed by atoms with van der Waals surface area (Å²) in [7, 11) is 0. The average Bonchev–Trinajstić information content (AvgIpc) is 3.09. The van der Waals surface area contributed by atoms with Gasteiger partial charge in [-0.1, -0.05) is 18.2 Å². The molecule has 0 spiro atoms. The van der Waals surface area contributed by atoms with Gasteiger partial charge in [-0.15, -0.1) is 0 Å². The average molecular weight is 385 g/mol. The zero-order valence-electron chi connectivity index (χ0n) is 16.2. The molecule has 1 fully saturated rings. The van der Waals surface area contributed by atoms with Crippen LogP contribution in [0, 0.1) is 0 Å². The van der Waals surface area contributed by atoms with Gasteiger partial charge >= 0.3 is 12.1 Å². The second kappa shape index (κ2) is 9.82. The summed E-state index contributed by atoms with van der Waals surface area (Å²) in [4.78, 5) is 28.3. The van der Waals surface area contributed by atoms with E-state index in [1.54, 1.807) is 28.2 Å². The minimum Gasteiger partial charge on any atom is -0.469 e. The lowest BCUT2D eigenvalue weighted by molar-refractivity contribution is 0.153. The summed E-state index contributed by atoms with van der Waals surface area (Å²) in [5.41, 5.74) is 0. The van der Waals surface area contributed by atoms with Crippen molar-refractivity contribution < 1.29 is 18.7 Å². The first kappa shape index (κ1) is 19.8. The molecule has 1 aromatic carbocycles. The molecule has 28 heavy (non-hydrogen) atoms. The Labute approximate surface area is 165 Å². The summed E-state index contributed by atoms with van der Waals surface area (Å²) in [5, 5.41) is 3.03. The molecule has 1 N–H and O–H groups in total. The molecule has 7 nitrogen and oxygen atoms in total. The maximum absolute atomic E-state index is 12.5. The summed E-state index contributed by atoms with van der Waals surface area (Å²) < 4.78 is 10.7. The van der Waals surface area contributed by atoms with Gasteiger partial charge in [-0.05, 0) is 44.0 Å². The van der Waals surface area contributed by atoms with Crippen molar-refractivity contribution in [3.8, 4) is 5.75 Å². The molecule has 0 bridgehead atoms. The molecular formula is C21H27N3O4. The van der Waals surface area contributed by atoms with E-state index in [0.717, 1.165) is 25.0 Å². The van der Waals surface area contributed by atoms with E-state index in [1.807, 2.05) is 37.3 Å². The van der Waals surface area contributed by atoms with Gasteiger partial charge in [-0.2, -0.15) is 0 Å². The van der Waals surface area contributed by atoms with Crippen LogP contribution in [-0.2, 0) is 6.42 Å². The molecule has 7 heteroatoms. The Balaban J connectivity index is 1.43. The molecule has 150 valence electrons. The molecule has 0 unspecified atom stereocenters. The Morgan fingerprint density at radius 2 is 1.82 bits per heavy atom. The topological polar surface area (TPSA) is 75.0 Å². The van der Waals surface area contributed by atoms with Crippen molar-refractivity contribution in [3.63, 3.8) is 0 Å². The quantitative estimate of drug-likeness (QED) is 0.855. The number of urea groups is 1. The minimum absolute atomic E-state index is 0.0417.